The number of nitrogens with zero attached hydrogens (tertiary/aromatic N) is 3. The van der Waals surface area contributed by atoms with Gasteiger partial charge in [-0.05, 0) is 23.5 Å². The number of thiophene rings is 1. The second-order valence-electron chi connectivity index (χ2n) is 5.46. The number of aryl methyl sites for hydroxylation is 1. The molecule has 146 valence electrons. The molecule has 0 bridgehead atoms. The minimum Gasteiger partial charge on any atom is -0.365 e. The van der Waals surface area contributed by atoms with Gasteiger partial charge in [-0.3, -0.25) is 9.59 Å². The number of hydrogen-bond acceptors (Lipinski definition) is 7. The number of H-pyrrole nitrogens is 1. The molecule has 0 saturated carbocycles. The zero-order chi connectivity index (χ0) is 20.7. The Bertz CT molecular complexity index is 1140. The first-order valence-corrected chi connectivity index (χ1v) is 8.52. The second kappa shape index (κ2) is 7.09. The van der Waals surface area contributed by atoms with Crippen LogP contribution in [0.1, 0.15) is 37.8 Å². The largest absolute Gasteiger partial charge is 0.365 e. The molecular formula is C14H9ClF2N6O4S. The molecule has 3 rings (SSSR count). The van der Waals surface area contributed by atoms with Crippen LogP contribution in [0.4, 0.5) is 20.3 Å². The second-order valence-corrected chi connectivity index (χ2v) is 6.84. The highest BCUT2D eigenvalue weighted by Gasteiger charge is 2.28. The lowest BCUT2D eigenvalue weighted by Crippen LogP contribution is -2.17. The molecule has 3 aromatic rings. The normalized spacial score (nSPS) is 11.2. The van der Waals surface area contributed by atoms with Crippen molar-refractivity contribution >= 4 is 56.5 Å². The minimum absolute atomic E-state index is 0.0648. The van der Waals surface area contributed by atoms with Gasteiger partial charge >= 0.3 is 5.82 Å². The average Bonchev–Trinajstić information content (AvgIpc) is 3.16. The predicted octanol–water partition coefficient (Wildman–Crippen LogP) is 3.18. The van der Waals surface area contributed by atoms with E-state index in [1.807, 2.05) is 5.10 Å². The fourth-order valence-electron chi connectivity index (χ4n) is 2.48. The summed E-state index contributed by atoms with van der Waals surface area (Å²) in [7, 11) is 0. The Labute approximate surface area is 162 Å². The Hall–Kier alpha value is -3.19. The highest BCUT2D eigenvalue weighted by molar-refractivity contribution is 7.21. The molecule has 4 N–H and O–H groups in total. The third-order valence-electron chi connectivity index (χ3n) is 3.65. The Morgan fingerprint density at radius 2 is 2.14 bits per heavy atom. The number of aromatic nitrogens is 3. The number of alkyl halides is 2. The van der Waals surface area contributed by atoms with Crippen molar-refractivity contribution < 1.29 is 23.3 Å². The number of nitro groups is 1. The smallest absolute Gasteiger partial charge is 0.362 e. The Morgan fingerprint density at radius 3 is 2.68 bits per heavy atom. The molecule has 0 spiro atoms. The van der Waals surface area contributed by atoms with E-state index in [2.05, 4.69) is 15.4 Å². The molecule has 10 nitrogen and oxygen atoms in total. The number of carbonyl (C=O) groups excluding carboxylic acids is 2. The SMILES string of the molecule is Cc1cc(C(F)F)nc2sc(C(N)=O)c(NC(=O)c3n[nH]c([N+](=O)[O-])c3Cl)c12. The molecular weight excluding hydrogens is 422 g/mol. The van der Waals surface area contributed by atoms with E-state index in [1.165, 1.54) is 6.92 Å². The lowest BCUT2D eigenvalue weighted by atomic mass is 10.1. The molecule has 0 radical (unpaired) electrons. The molecule has 0 aliphatic carbocycles. The van der Waals surface area contributed by atoms with Crippen molar-refractivity contribution in [2.75, 3.05) is 5.32 Å². The van der Waals surface area contributed by atoms with E-state index in [0.717, 1.165) is 17.4 Å². The van der Waals surface area contributed by atoms with Crippen molar-refractivity contribution in [1.82, 2.24) is 15.2 Å². The molecule has 0 aliphatic heterocycles. The third-order valence-corrected chi connectivity index (χ3v) is 5.11. The van der Waals surface area contributed by atoms with Gasteiger partial charge in [0.2, 0.25) is 0 Å². The summed E-state index contributed by atoms with van der Waals surface area (Å²) in [4.78, 5) is 37.9. The summed E-state index contributed by atoms with van der Waals surface area (Å²) in [5.74, 6) is -2.57. The number of fused-ring (bicyclic) bond motifs is 1. The summed E-state index contributed by atoms with van der Waals surface area (Å²) in [6.45, 7) is 1.50. The zero-order valence-corrected chi connectivity index (χ0v) is 15.3. The van der Waals surface area contributed by atoms with Crippen LogP contribution in [0.25, 0.3) is 10.2 Å². The monoisotopic (exact) mass is 430 g/mol. The molecule has 3 aromatic heterocycles. The van der Waals surface area contributed by atoms with Gasteiger partial charge in [-0.1, -0.05) is 16.7 Å². The molecule has 0 fully saturated rings. The molecule has 0 aromatic carbocycles. The predicted molar refractivity (Wildman–Crippen MR) is 96.0 cm³/mol. The summed E-state index contributed by atoms with van der Waals surface area (Å²) in [5, 5.41) is 18.4. The van der Waals surface area contributed by atoms with E-state index < -0.39 is 45.4 Å². The standard InChI is InChI=1S/C14H9ClF2N6O4S/c1-3-2-4(10(16)17)19-14-5(3)7(9(28-14)11(18)24)20-13(25)8-6(15)12(22-21-8)23(26)27/h2,10H,1H3,(H2,18,24)(H,20,25)(H,21,22). The van der Waals surface area contributed by atoms with Gasteiger partial charge in [-0.15, -0.1) is 16.4 Å². The number of nitrogens with two attached hydrogens (primary N) is 1. The van der Waals surface area contributed by atoms with E-state index in [0.29, 0.717) is 5.56 Å². The summed E-state index contributed by atoms with van der Waals surface area (Å²) >= 11 is 6.51. The molecule has 0 aliphatic rings. The van der Waals surface area contributed by atoms with Crippen LogP contribution >= 0.6 is 22.9 Å². The number of anilines is 1. The summed E-state index contributed by atoms with van der Waals surface area (Å²) < 4.78 is 26.0. The number of carbonyl (C=O) groups is 2. The summed E-state index contributed by atoms with van der Waals surface area (Å²) in [5.41, 5.74) is 4.59. The molecule has 3 heterocycles. The van der Waals surface area contributed by atoms with Crippen LogP contribution in [0.5, 0.6) is 0 Å². The van der Waals surface area contributed by atoms with Crippen LogP contribution in [0.3, 0.4) is 0 Å². The van der Waals surface area contributed by atoms with Gasteiger partial charge in [0.05, 0.1) is 5.69 Å². The van der Waals surface area contributed by atoms with Crippen LogP contribution in [-0.2, 0) is 0 Å². The maximum absolute atomic E-state index is 13.0. The number of hydrogen-bond donors (Lipinski definition) is 3. The van der Waals surface area contributed by atoms with Crippen molar-refractivity contribution in [2.45, 2.75) is 13.3 Å². The minimum atomic E-state index is -2.83. The van der Waals surface area contributed by atoms with E-state index in [1.54, 1.807) is 0 Å². The van der Waals surface area contributed by atoms with Crippen LogP contribution in [0.15, 0.2) is 6.07 Å². The van der Waals surface area contributed by atoms with Crippen molar-refractivity contribution in [1.29, 1.82) is 0 Å². The average molecular weight is 431 g/mol. The van der Waals surface area contributed by atoms with Crippen LogP contribution in [-0.4, -0.2) is 31.9 Å². The molecule has 2 amide bonds. The summed E-state index contributed by atoms with van der Waals surface area (Å²) in [6, 6.07) is 1.12. The van der Waals surface area contributed by atoms with Crippen molar-refractivity contribution in [3.63, 3.8) is 0 Å². The van der Waals surface area contributed by atoms with Gasteiger partial charge < -0.3 is 21.2 Å². The van der Waals surface area contributed by atoms with E-state index >= 15 is 0 Å². The molecule has 0 saturated heterocycles. The summed E-state index contributed by atoms with van der Waals surface area (Å²) in [6.07, 6.45) is -2.83. The Kier molecular flexibility index (Phi) is 4.95. The van der Waals surface area contributed by atoms with E-state index in [4.69, 9.17) is 17.3 Å². The fraction of sp³-hybridized carbons (Fsp3) is 0.143. The van der Waals surface area contributed by atoms with Crippen molar-refractivity contribution in [3.05, 3.63) is 43.0 Å². The molecule has 0 atom stereocenters. The van der Waals surface area contributed by atoms with E-state index in [-0.39, 0.29) is 20.8 Å². The number of aromatic amines is 1. The zero-order valence-electron chi connectivity index (χ0n) is 13.7. The lowest BCUT2D eigenvalue weighted by molar-refractivity contribution is -0.389. The Morgan fingerprint density at radius 1 is 1.46 bits per heavy atom. The molecule has 0 unspecified atom stereocenters. The first-order chi connectivity index (χ1) is 13.1. The van der Waals surface area contributed by atoms with E-state index in [9.17, 15) is 28.5 Å². The highest BCUT2D eigenvalue weighted by atomic mass is 35.5. The number of rotatable bonds is 5. The number of amides is 2. The van der Waals surface area contributed by atoms with Crippen LogP contribution in [0.2, 0.25) is 5.02 Å². The Balaban J connectivity index is 2.12. The van der Waals surface area contributed by atoms with Gasteiger partial charge in [-0.2, -0.15) is 0 Å². The first-order valence-electron chi connectivity index (χ1n) is 7.33. The van der Waals surface area contributed by atoms with Gasteiger partial charge in [-0.25, -0.2) is 13.8 Å². The topological polar surface area (TPSA) is 157 Å². The number of primary amides is 1. The highest BCUT2D eigenvalue weighted by Crippen LogP contribution is 2.38. The molecule has 28 heavy (non-hydrogen) atoms. The van der Waals surface area contributed by atoms with Gasteiger partial charge in [0.1, 0.15) is 15.4 Å². The van der Waals surface area contributed by atoms with Crippen LogP contribution < -0.4 is 11.1 Å². The lowest BCUT2D eigenvalue weighted by Gasteiger charge is -2.07. The fourth-order valence-corrected chi connectivity index (χ4v) is 3.78. The van der Waals surface area contributed by atoms with Gasteiger partial charge in [0.15, 0.2) is 10.7 Å². The maximum Gasteiger partial charge on any atom is 0.362 e. The van der Waals surface area contributed by atoms with Crippen molar-refractivity contribution in [2.24, 2.45) is 5.73 Å². The number of nitrogens with one attached hydrogen (secondary N) is 2. The molecule has 14 heteroatoms. The maximum atomic E-state index is 13.0. The van der Waals surface area contributed by atoms with Gasteiger partial charge in [0.25, 0.3) is 18.2 Å². The van der Waals surface area contributed by atoms with Crippen molar-refractivity contribution in [3.8, 4) is 0 Å². The van der Waals surface area contributed by atoms with Crippen LogP contribution in [0, 0.1) is 17.0 Å². The third kappa shape index (κ3) is 3.25. The first kappa shape index (κ1) is 19.6. The quantitative estimate of drug-likeness (QED) is 0.416. The number of halogens is 3. The number of pyridine rings is 1. The van der Waals surface area contributed by atoms with Gasteiger partial charge in [0, 0.05) is 5.39 Å².